The van der Waals surface area contributed by atoms with Crippen molar-refractivity contribution < 1.29 is 23.1 Å². The van der Waals surface area contributed by atoms with Crippen molar-refractivity contribution in [2.45, 2.75) is 31.0 Å². The molecular formula is C23H24N4O5S. The van der Waals surface area contributed by atoms with Gasteiger partial charge in [0.1, 0.15) is 5.75 Å². The normalized spacial score (nSPS) is 19.2. The first kappa shape index (κ1) is 22.8. The SMILES string of the molecule is CC1CN(S(=O)(=O)c2ccc(C(=O)Nc3cnc(-c4cccc(O)c4)nc3)cc2)CC(C)O1. The summed E-state index contributed by atoms with van der Waals surface area (Å²) < 4.78 is 32.9. The fourth-order valence-corrected chi connectivity index (χ4v) is 5.23. The molecule has 2 aromatic carbocycles. The molecule has 1 aromatic heterocycles. The number of nitrogens with zero attached hydrogens (tertiary/aromatic N) is 3. The van der Waals surface area contributed by atoms with Crippen molar-refractivity contribution in [3.63, 3.8) is 0 Å². The lowest BCUT2D eigenvalue weighted by molar-refractivity contribution is -0.0440. The molecular weight excluding hydrogens is 444 g/mol. The van der Waals surface area contributed by atoms with Gasteiger partial charge < -0.3 is 15.2 Å². The second kappa shape index (κ2) is 9.26. The number of phenols is 1. The largest absolute Gasteiger partial charge is 0.508 e. The molecule has 2 N–H and O–H groups in total. The number of rotatable bonds is 5. The van der Waals surface area contributed by atoms with Crippen LogP contribution >= 0.6 is 0 Å². The highest BCUT2D eigenvalue weighted by Crippen LogP contribution is 2.23. The number of carbonyl (C=O) groups excluding carboxylic acids is 1. The Morgan fingerprint density at radius 1 is 1.06 bits per heavy atom. The zero-order valence-corrected chi connectivity index (χ0v) is 19.0. The zero-order valence-electron chi connectivity index (χ0n) is 18.2. The molecule has 172 valence electrons. The quantitative estimate of drug-likeness (QED) is 0.590. The lowest BCUT2D eigenvalue weighted by Crippen LogP contribution is -2.48. The van der Waals surface area contributed by atoms with Crippen molar-refractivity contribution in [1.82, 2.24) is 14.3 Å². The standard InChI is InChI=1S/C23H24N4O5S/c1-15-13-27(14-16(2)32-15)33(30,31)21-8-6-17(7-9-21)23(29)26-19-11-24-22(25-12-19)18-4-3-5-20(28)10-18/h3-12,15-16,28H,13-14H2,1-2H3,(H,26,29). The Bertz CT molecular complexity index is 1240. The van der Waals surface area contributed by atoms with Crippen LogP contribution in [0.4, 0.5) is 5.69 Å². The van der Waals surface area contributed by atoms with Crippen molar-refractivity contribution in [3.05, 3.63) is 66.5 Å². The maximum atomic E-state index is 13.0. The molecule has 2 heterocycles. The summed E-state index contributed by atoms with van der Waals surface area (Å²) in [5, 5.41) is 12.3. The third kappa shape index (κ3) is 5.19. The molecule has 2 unspecified atom stereocenters. The third-order valence-electron chi connectivity index (χ3n) is 5.15. The van der Waals surface area contributed by atoms with Gasteiger partial charge in [-0.15, -0.1) is 0 Å². The number of nitrogens with one attached hydrogen (secondary N) is 1. The van der Waals surface area contributed by atoms with Gasteiger partial charge in [-0.1, -0.05) is 12.1 Å². The number of ether oxygens (including phenoxy) is 1. The Kier molecular flexibility index (Phi) is 6.41. The summed E-state index contributed by atoms with van der Waals surface area (Å²) in [5.74, 6) is 0.100. The van der Waals surface area contributed by atoms with E-state index in [1.54, 1.807) is 24.3 Å². The van der Waals surface area contributed by atoms with E-state index in [0.29, 0.717) is 22.6 Å². The molecule has 0 aliphatic carbocycles. The number of phenolic OH excluding ortho intramolecular Hbond substituents is 1. The number of aromatic nitrogens is 2. The summed E-state index contributed by atoms with van der Waals surface area (Å²) in [4.78, 5) is 21.1. The predicted octanol–water partition coefficient (Wildman–Crippen LogP) is 2.90. The van der Waals surface area contributed by atoms with E-state index in [2.05, 4.69) is 15.3 Å². The van der Waals surface area contributed by atoms with E-state index in [-0.39, 0.29) is 35.9 Å². The van der Waals surface area contributed by atoms with Crippen LogP contribution in [0.3, 0.4) is 0 Å². The van der Waals surface area contributed by atoms with Gasteiger partial charge in [-0.25, -0.2) is 18.4 Å². The first-order chi connectivity index (χ1) is 15.7. The second-order valence-electron chi connectivity index (χ2n) is 7.90. The van der Waals surface area contributed by atoms with Crippen LogP contribution < -0.4 is 5.32 Å². The number of benzene rings is 2. The molecule has 0 spiro atoms. The molecule has 4 rings (SSSR count). The van der Waals surface area contributed by atoms with Crippen LogP contribution in [0.25, 0.3) is 11.4 Å². The van der Waals surface area contributed by atoms with Crippen LogP contribution in [0.15, 0.2) is 65.8 Å². The fraction of sp³-hybridized carbons (Fsp3) is 0.261. The third-order valence-corrected chi connectivity index (χ3v) is 7.00. The van der Waals surface area contributed by atoms with Crippen LogP contribution in [0, 0.1) is 0 Å². The van der Waals surface area contributed by atoms with E-state index in [9.17, 15) is 18.3 Å². The van der Waals surface area contributed by atoms with Gasteiger partial charge in [-0.3, -0.25) is 4.79 Å². The van der Waals surface area contributed by atoms with Gasteiger partial charge in [0.05, 0.1) is 35.2 Å². The number of hydrogen-bond donors (Lipinski definition) is 2. The second-order valence-corrected chi connectivity index (χ2v) is 9.84. The zero-order chi connectivity index (χ0) is 23.6. The number of carbonyl (C=O) groups is 1. The summed E-state index contributed by atoms with van der Waals surface area (Å²) in [7, 11) is -3.68. The first-order valence-corrected chi connectivity index (χ1v) is 11.8. The van der Waals surface area contributed by atoms with Crippen LogP contribution in [-0.2, 0) is 14.8 Å². The summed E-state index contributed by atoms with van der Waals surface area (Å²) in [6.45, 7) is 4.25. The maximum absolute atomic E-state index is 13.0. The number of aromatic hydroxyl groups is 1. The Labute approximate surface area is 192 Å². The smallest absolute Gasteiger partial charge is 0.255 e. The average molecular weight is 469 g/mol. The lowest BCUT2D eigenvalue weighted by Gasteiger charge is -2.34. The molecule has 33 heavy (non-hydrogen) atoms. The van der Waals surface area contributed by atoms with E-state index in [1.807, 2.05) is 13.8 Å². The van der Waals surface area contributed by atoms with Gasteiger partial charge >= 0.3 is 0 Å². The van der Waals surface area contributed by atoms with Gasteiger partial charge in [0.15, 0.2) is 5.82 Å². The van der Waals surface area contributed by atoms with Crippen LogP contribution in [0.1, 0.15) is 24.2 Å². The molecule has 3 aromatic rings. The molecule has 1 fully saturated rings. The molecule has 0 saturated carbocycles. The number of morpholine rings is 1. The Morgan fingerprint density at radius 2 is 1.70 bits per heavy atom. The van der Waals surface area contributed by atoms with Gasteiger partial charge in [0, 0.05) is 24.2 Å². The van der Waals surface area contributed by atoms with Gasteiger partial charge in [0.2, 0.25) is 10.0 Å². The minimum Gasteiger partial charge on any atom is -0.508 e. The van der Waals surface area contributed by atoms with E-state index in [4.69, 9.17) is 4.74 Å². The van der Waals surface area contributed by atoms with Crippen LogP contribution in [-0.4, -0.2) is 59.0 Å². The maximum Gasteiger partial charge on any atom is 0.255 e. The van der Waals surface area contributed by atoms with Crippen LogP contribution in [0.5, 0.6) is 5.75 Å². The van der Waals surface area contributed by atoms with E-state index >= 15 is 0 Å². The number of sulfonamides is 1. The molecule has 10 heteroatoms. The minimum absolute atomic E-state index is 0.108. The minimum atomic E-state index is -3.68. The highest BCUT2D eigenvalue weighted by atomic mass is 32.2. The number of hydrogen-bond acceptors (Lipinski definition) is 7. The van der Waals surface area contributed by atoms with E-state index < -0.39 is 15.9 Å². The van der Waals surface area contributed by atoms with Crippen molar-refractivity contribution in [1.29, 1.82) is 0 Å². The summed E-state index contributed by atoms with van der Waals surface area (Å²) in [5.41, 5.74) is 1.33. The molecule has 1 saturated heterocycles. The average Bonchev–Trinajstić information content (AvgIpc) is 2.79. The molecule has 0 bridgehead atoms. The van der Waals surface area contributed by atoms with E-state index in [1.165, 1.54) is 41.0 Å². The summed E-state index contributed by atoms with van der Waals surface area (Å²) >= 11 is 0. The molecule has 1 amide bonds. The monoisotopic (exact) mass is 468 g/mol. The Hall–Kier alpha value is -3.34. The van der Waals surface area contributed by atoms with Gasteiger partial charge in [0.25, 0.3) is 5.91 Å². The van der Waals surface area contributed by atoms with E-state index in [0.717, 1.165) is 0 Å². The molecule has 2 atom stereocenters. The van der Waals surface area contributed by atoms with Gasteiger partial charge in [-0.05, 0) is 50.2 Å². The van der Waals surface area contributed by atoms with Crippen LogP contribution in [0.2, 0.25) is 0 Å². The predicted molar refractivity (Wildman–Crippen MR) is 122 cm³/mol. The number of amides is 1. The fourth-order valence-electron chi connectivity index (χ4n) is 3.64. The molecule has 1 aliphatic rings. The van der Waals surface area contributed by atoms with Gasteiger partial charge in [-0.2, -0.15) is 4.31 Å². The van der Waals surface area contributed by atoms with Crippen molar-refractivity contribution in [3.8, 4) is 17.1 Å². The highest BCUT2D eigenvalue weighted by Gasteiger charge is 2.32. The molecule has 9 nitrogen and oxygen atoms in total. The molecule has 1 aliphatic heterocycles. The van der Waals surface area contributed by atoms with Crippen molar-refractivity contribution in [2.75, 3.05) is 18.4 Å². The Morgan fingerprint density at radius 3 is 2.30 bits per heavy atom. The van der Waals surface area contributed by atoms with Crippen molar-refractivity contribution in [2.24, 2.45) is 0 Å². The lowest BCUT2D eigenvalue weighted by atomic mass is 10.2. The highest BCUT2D eigenvalue weighted by molar-refractivity contribution is 7.89. The summed E-state index contributed by atoms with van der Waals surface area (Å²) in [6.07, 6.45) is 2.55. The number of anilines is 1. The summed E-state index contributed by atoms with van der Waals surface area (Å²) in [6, 6.07) is 12.3. The first-order valence-electron chi connectivity index (χ1n) is 10.4. The Balaban J connectivity index is 1.44. The molecule has 0 radical (unpaired) electrons. The topological polar surface area (TPSA) is 122 Å². The van der Waals surface area contributed by atoms with Crippen molar-refractivity contribution >= 4 is 21.6 Å².